The van der Waals surface area contributed by atoms with E-state index < -0.39 is 0 Å². The number of hydrogen-bond acceptors (Lipinski definition) is 3. The van der Waals surface area contributed by atoms with E-state index in [4.69, 9.17) is 11.6 Å². The van der Waals surface area contributed by atoms with Gasteiger partial charge in [0.05, 0.1) is 0 Å². The number of hydrogen-bond donors (Lipinski definition) is 1. The van der Waals surface area contributed by atoms with Crippen LogP contribution in [0.15, 0.2) is 18.2 Å². The van der Waals surface area contributed by atoms with Crippen LogP contribution in [0.5, 0.6) is 0 Å². The molecule has 0 amide bonds. The first-order chi connectivity index (χ1) is 9.61. The number of piperazine rings is 1. The van der Waals surface area contributed by atoms with E-state index in [9.17, 15) is 0 Å². The Morgan fingerprint density at radius 1 is 1.35 bits per heavy atom. The van der Waals surface area contributed by atoms with Crippen molar-refractivity contribution in [2.75, 3.05) is 38.1 Å². The van der Waals surface area contributed by atoms with Crippen LogP contribution >= 0.6 is 11.6 Å². The third kappa shape index (κ3) is 3.87. The molecule has 1 aromatic carbocycles. The third-order valence-electron chi connectivity index (χ3n) is 3.94. The zero-order valence-electron chi connectivity index (χ0n) is 12.8. The van der Waals surface area contributed by atoms with E-state index in [1.807, 2.05) is 0 Å². The second-order valence-electron chi connectivity index (χ2n) is 5.76. The smallest absolute Gasteiger partial charge is 0.0471 e. The molecular weight excluding hydrogens is 270 g/mol. The average Bonchev–Trinajstić information content (AvgIpc) is 2.41. The Hall–Kier alpha value is -0.770. The van der Waals surface area contributed by atoms with Crippen LogP contribution in [0.3, 0.4) is 0 Å². The summed E-state index contributed by atoms with van der Waals surface area (Å²) in [4.78, 5) is 4.83. The molecule has 1 aliphatic rings. The summed E-state index contributed by atoms with van der Waals surface area (Å²) in [5, 5.41) is 4.27. The lowest BCUT2D eigenvalue weighted by atomic mass is 10.1. The summed E-state index contributed by atoms with van der Waals surface area (Å²) in [5.41, 5.74) is 2.43. The molecule has 0 radical (unpaired) electrons. The van der Waals surface area contributed by atoms with Gasteiger partial charge in [-0.25, -0.2) is 0 Å². The minimum Gasteiger partial charge on any atom is -0.366 e. The van der Waals surface area contributed by atoms with Crippen molar-refractivity contribution in [1.82, 2.24) is 10.2 Å². The molecule has 1 heterocycles. The monoisotopic (exact) mass is 295 g/mol. The van der Waals surface area contributed by atoms with Crippen LogP contribution in [0.25, 0.3) is 0 Å². The molecule has 20 heavy (non-hydrogen) atoms. The molecule has 1 saturated heterocycles. The summed E-state index contributed by atoms with van der Waals surface area (Å²) in [6, 6.07) is 7.02. The first-order valence-electron chi connectivity index (χ1n) is 7.56. The van der Waals surface area contributed by atoms with E-state index in [1.54, 1.807) is 0 Å². The van der Waals surface area contributed by atoms with E-state index >= 15 is 0 Å². The van der Waals surface area contributed by atoms with Crippen LogP contribution in [0.1, 0.15) is 25.8 Å². The molecule has 112 valence electrons. The van der Waals surface area contributed by atoms with Gasteiger partial charge in [-0.3, -0.25) is 0 Å². The van der Waals surface area contributed by atoms with E-state index in [1.165, 1.54) is 11.3 Å². The van der Waals surface area contributed by atoms with Gasteiger partial charge in [0.15, 0.2) is 0 Å². The fraction of sp³-hybridized carbons (Fsp3) is 0.625. The summed E-state index contributed by atoms with van der Waals surface area (Å²) >= 11 is 6.43. The number of anilines is 1. The van der Waals surface area contributed by atoms with Crippen molar-refractivity contribution in [3.05, 3.63) is 28.8 Å². The van der Waals surface area contributed by atoms with Gasteiger partial charge < -0.3 is 15.1 Å². The summed E-state index contributed by atoms with van der Waals surface area (Å²) in [6.45, 7) is 9.63. The normalized spacial score (nSPS) is 20.4. The Balaban J connectivity index is 2.04. The molecule has 1 aliphatic heterocycles. The van der Waals surface area contributed by atoms with Gasteiger partial charge in [0.1, 0.15) is 0 Å². The van der Waals surface area contributed by atoms with Crippen LogP contribution in [0.2, 0.25) is 5.02 Å². The molecule has 0 bridgehead atoms. The predicted molar refractivity (Wildman–Crippen MR) is 87.8 cm³/mol. The Morgan fingerprint density at radius 3 is 2.80 bits per heavy atom. The highest BCUT2D eigenvalue weighted by molar-refractivity contribution is 6.31. The molecule has 0 aliphatic carbocycles. The molecule has 2 rings (SSSR count). The van der Waals surface area contributed by atoms with Crippen LogP contribution in [0.4, 0.5) is 5.69 Å². The first-order valence-corrected chi connectivity index (χ1v) is 7.94. The molecule has 0 aromatic heterocycles. The quantitative estimate of drug-likeness (QED) is 0.843. The van der Waals surface area contributed by atoms with Crippen molar-refractivity contribution in [1.29, 1.82) is 0 Å². The van der Waals surface area contributed by atoms with Gasteiger partial charge in [0.25, 0.3) is 0 Å². The minimum absolute atomic E-state index is 0.536. The lowest BCUT2D eigenvalue weighted by molar-refractivity contribution is 0.275. The van der Waals surface area contributed by atoms with E-state index in [2.05, 4.69) is 54.2 Å². The van der Waals surface area contributed by atoms with Gasteiger partial charge in [-0.05, 0) is 44.6 Å². The molecule has 4 heteroatoms. The molecule has 1 aromatic rings. The topological polar surface area (TPSA) is 18.5 Å². The van der Waals surface area contributed by atoms with Crippen molar-refractivity contribution >= 4 is 17.3 Å². The summed E-state index contributed by atoms with van der Waals surface area (Å²) in [7, 11) is 2.18. The van der Waals surface area contributed by atoms with Gasteiger partial charge in [-0.2, -0.15) is 0 Å². The molecule has 1 unspecified atom stereocenters. The maximum absolute atomic E-state index is 6.43. The number of halogens is 1. The van der Waals surface area contributed by atoms with Crippen LogP contribution < -0.4 is 10.2 Å². The maximum Gasteiger partial charge on any atom is 0.0471 e. The van der Waals surface area contributed by atoms with Gasteiger partial charge in [-0.15, -0.1) is 0 Å². The number of nitrogens with zero attached hydrogens (tertiary/aromatic N) is 2. The second kappa shape index (κ2) is 7.30. The first kappa shape index (κ1) is 15.6. The van der Waals surface area contributed by atoms with Crippen molar-refractivity contribution in [3.63, 3.8) is 0 Å². The molecule has 3 nitrogen and oxygen atoms in total. The Kier molecular flexibility index (Phi) is 5.70. The number of benzene rings is 1. The minimum atomic E-state index is 0.536. The molecule has 0 saturated carbocycles. The van der Waals surface area contributed by atoms with Gasteiger partial charge in [0.2, 0.25) is 0 Å². The number of likely N-dealkylation sites (N-methyl/N-ethyl adjacent to an activating group) is 1. The molecular formula is C16H26ClN3. The lowest BCUT2D eigenvalue weighted by Gasteiger charge is -2.40. The second-order valence-corrected chi connectivity index (χ2v) is 6.16. The Morgan fingerprint density at radius 2 is 2.15 bits per heavy atom. The summed E-state index contributed by atoms with van der Waals surface area (Å²) in [6.07, 6.45) is 1.15. The zero-order valence-corrected chi connectivity index (χ0v) is 13.6. The highest BCUT2D eigenvalue weighted by atomic mass is 35.5. The van der Waals surface area contributed by atoms with Crippen molar-refractivity contribution in [2.45, 2.75) is 32.9 Å². The molecule has 1 fully saturated rings. The molecule has 1 atom stereocenters. The van der Waals surface area contributed by atoms with E-state index in [0.717, 1.165) is 44.2 Å². The largest absolute Gasteiger partial charge is 0.366 e. The van der Waals surface area contributed by atoms with E-state index in [0.29, 0.717) is 6.04 Å². The van der Waals surface area contributed by atoms with Crippen molar-refractivity contribution in [2.24, 2.45) is 0 Å². The van der Waals surface area contributed by atoms with Gasteiger partial charge in [0, 0.05) is 42.9 Å². The number of nitrogens with one attached hydrogen (secondary N) is 1. The lowest BCUT2D eigenvalue weighted by Crippen LogP contribution is -2.50. The van der Waals surface area contributed by atoms with E-state index in [-0.39, 0.29) is 0 Å². The maximum atomic E-state index is 6.43. The highest BCUT2D eigenvalue weighted by Gasteiger charge is 2.21. The fourth-order valence-electron chi connectivity index (χ4n) is 2.78. The third-order valence-corrected chi connectivity index (χ3v) is 4.29. The Labute approximate surface area is 127 Å². The van der Waals surface area contributed by atoms with Crippen LogP contribution in [-0.4, -0.2) is 44.2 Å². The van der Waals surface area contributed by atoms with Gasteiger partial charge in [-0.1, -0.05) is 24.6 Å². The standard InChI is InChI=1S/C16H26ClN3/c1-4-7-18-11-14-5-6-15(10-16(14)17)20-9-8-19(3)12-13(20)2/h5-6,10,13,18H,4,7-9,11-12H2,1-3H3. The SMILES string of the molecule is CCCNCc1ccc(N2CCN(C)CC2C)cc1Cl. The summed E-state index contributed by atoms with van der Waals surface area (Å²) < 4.78 is 0. The van der Waals surface area contributed by atoms with Crippen molar-refractivity contribution in [3.8, 4) is 0 Å². The Bertz CT molecular complexity index is 436. The fourth-order valence-corrected chi connectivity index (χ4v) is 3.02. The van der Waals surface area contributed by atoms with Crippen molar-refractivity contribution < 1.29 is 0 Å². The van der Waals surface area contributed by atoms with Crippen LogP contribution in [0, 0.1) is 0 Å². The molecule has 0 spiro atoms. The molecule has 1 N–H and O–H groups in total. The zero-order chi connectivity index (χ0) is 14.5. The average molecular weight is 296 g/mol. The highest BCUT2D eigenvalue weighted by Crippen LogP contribution is 2.26. The van der Waals surface area contributed by atoms with Crippen LogP contribution in [-0.2, 0) is 6.54 Å². The predicted octanol–water partition coefficient (Wildman–Crippen LogP) is 2.98. The van der Waals surface area contributed by atoms with Gasteiger partial charge >= 0.3 is 0 Å². The number of rotatable bonds is 5. The summed E-state index contributed by atoms with van der Waals surface area (Å²) in [5.74, 6) is 0.